The van der Waals surface area contributed by atoms with Crippen molar-refractivity contribution in [3.63, 3.8) is 0 Å². The summed E-state index contributed by atoms with van der Waals surface area (Å²) in [6, 6.07) is 16.4. The molecule has 1 aliphatic heterocycles. The summed E-state index contributed by atoms with van der Waals surface area (Å²) in [6.45, 7) is 0.478. The lowest BCUT2D eigenvalue weighted by molar-refractivity contribution is 0.215. The number of hydrogen-bond acceptors (Lipinski definition) is 4. The molecule has 3 rings (SSSR count). The normalized spacial score (nSPS) is 15.7. The molecule has 2 aromatic rings. The second-order valence-corrected chi connectivity index (χ2v) is 6.92. The predicted octanol–water partition coefficient (Wildman–Crippen LogP) is 4.91. The lowest BCUT2D eigenvalue weighted by Gasteiger charge is -2.15. The third-order valence-corrected chi connectivity index (χ3v) is 4.82. The molecular weight excluding hydrogens is 376 g/mol. The van der Waals surface area contributed by atoms with Crippen LogP contribution in [0.25, 0.3) is 0 Å². The topological polar surface area (TPSA) is 77.7 Å². The number of unbranched alkanes of at least 4 members (excludes halogenated alkanes) is 1. The van der Waals surface area contributed by atoms with Crippen molar-refractivity contribution in [2.75, 3.05) is 19.0 Å². The van der Waals surface area contributed by atoms with Crippen LogP contribution in [0.5, 0.6) is 5.75 Å². The SMILES string of the molecule is COc1ccc(NC(=O)N2CC(CCCC#N)C(c3ccc(Cl)cc3)=N2)cc1. The molecule has 2 amide bonds. The highest BCUT2D eigenvalue weighted by atomic mass is 35.5. The van der Waals surface area contributed by atoms with E-state index >= 15 is 0 Å². The maximum atomic E-state index is 12.7. The first-order valence-electron chi connectivity index (χ1n) is 9.04. The third-order valence-electron chi connectivity index (χ3n) is 4.57. The number of amides is 2. The van der Waals surface area contributed by atoms with Gasteiger partial charge in [-0.25, -0.2) is 9.80 Å². The Morgan fingerprint density at radius 1 is 1.29 bits per heavy atom. The first-order chi connectivity index (χ1) is 13.6. The minimum Gasteiger partial charge on any atom is -0.497 e. The average molecular weight is 397 g/mol. The van der Waals surface area contributed by atoms with Crippen molar-refractivity contribution in [1.29, 1.82) is 5.26 Å². The molecule has 2 aromatic carbocycles. The molecule has 0 aliphatic carbocycles. The highest BCUT2D eigenvalue weighted by molar-refractivity contribution is 6.30. The number of ether oxygens (including phenoxy) is 1. The van der Waals surface area contributed by atoms with Crippen molar-refractivity contribution in [3.05, 3.63) is 59.1 Å². The lowest BCUT2D eigenvalue weighted by atomic mass is 9.93. The Morgan fingerprint density at radius 2 is 2.00 bits per heavy atom. The third kappa shape index (κ3) is 4.81. The Morgan fingerprint density at radius 3 is 2.64 bits per heavy atom. The zero-order chi connectivity index (χ0) is 19.9. The Kier molecular flexibility index (Phi) is 6.51. The van der Waals surface area contributed by atoms with Gasteiger partial charge in [0.25, 0.3) is 0 Å². The zero-order valence-electron chi connectivity index (χ0n) is 15.6. The van der Waals surface area contributed by atoms with E-state index in [-0.39, 0.29) is 11.9 Å². The largest absolute Gasteiger partial charge is 0.497 e. The van der Waals surface area contributed by atoms with Crippen LogP contribution in [0.1, 0.15) is 24.8 Å². The van der Waals surface area contributed by atoms with Gasteiger partial charge in [0.1, 0.15) is 5.75 Å². The second-order valence-electron chi connectivity index (χ2n) is 6.48. The van der Waals surface area contributed by atoms with Gasteiger partial charge < -0.3 is 10.1 Å². The molecule has 28 heavy (non-hydrogen) atoms. The van der Waals surface area contributed by atoms with Crippen LogP contribution in [0.2, 0.25) is 5.02 Å². The molecule has 1 atom stereocenters. The molecule has 0 spiro atoms. The van der Waals surface area contributed by atoms with Gasteiger partial charge in [0.15, 0.2) is 0 Å². The number of hydrazone groups is 1. The van der Waals surface area contributed by atoms with Gasteiger partial charge in [-0.15, -0.1) is 0 Å². The fraction of sp³-hybridized carbons (Fsp3) is 0.286. The van der Waals surface area contributed by atoms with Crippen molar-refractivity contribution in [1.82, 2.24) is 5.01 Å². The van der Waals surface area contributed by atoms with E-state index in [9.17, 15) is 4.79 Å². The van der Waals surface area contributed by atoms with E-state index in [0.717, 1.165) is 29.9 Å². The molecule has 0 aromatic heterocycles. The summed E-state index contributed by atoms with van der Waals surface area (Å²) in [7, 11) is 1.59. The number of urea groups is 1. The Hall–Kier alpha value is -3.04. The van der Waals surface area contributed by atoms with Crippen LogP contribution in [0, 0.1) is 17.2 Å². The highest BCUT2D eigenvalue weighted by Gasteiger charge is 2.30. The van der Waals surface area contributed by atoms with Crippen molar-refractivity contribution >= 4 is 29.0 Å². The van der Waals surface area contributed by atoms with Crippen LogP contribution >= 0.6 is 11.6 Å². The smallest absolute Gasteiger partial charge is 0.342 e. The van der Waals surface area contributed by atoms with E-state index in [1.54, 1.807) is 31.4 Å². The minimum absolute atomic E-state index is 0.0798. The molecule has 6 nitrogen and oxygen atoms in total. The van der Waals surface area contributed by atoms with Crippen LogP contribution < -0.4 is 10.1 Å². The molecule has 0 saturated carbocycles. The van der Waals surface area contributed by atoms with Gasteiger partial charge in [-0.2, -0.15) is 10.4 Å². The van der Waals surface area contributed by atoms with Crippen LogP contribution in [-0.2, 0) is 0 Å². The summed E-state index contributed by atoms with van der Waals surface area (Å²) >= 11 is 5.99. The van der Waals surface area contributed by atoms with E-state index in [1.807, 2.05) is 24.3 Å². The first-order valence-corrected chi connectivity index (χ1v) is 9.42. The standard InChI is InChI=1S/C21H21ClN4O2/c1-28-19-11-9-18(10-12-19)24-21(27)26-14-16(4-2-3-13-23)20(25-26)15-5-7-17(22)8-6-15/h5-12,16H,2-4,14H2,1H3,(H,24,27). The van der Waals surface area contributed by atoms with E-state index in [0.29, 0.717) is 23.7 Å². The second kappa shape index (κ2) is 9.25. The van der Waals surface area contributed by atoms with Crippen molar-refractivity contribution in [3.8, 4) is 11.8 Å². The van der Waals surface area contributed by atoms with Crippen molar-refractivity contribution in [2.24, 2.45) is 11.0 Å². The van der Waals surface area contributed by atoms with Crippen molar-refractivity contribution in [2.45, 2.75) is 19.3 Å². The molecule has 1 N–H and O–H groups in total. The number of hydrogen-bond donors (Lipinski definition) is 1. The number of anilines is 1. The Labute approximate surface area is 169 Å². The van der Waals surface area contributed by atoms with Gasteiger partial charge in [0.2, 0.25) is 0 Å². The van der Waals surface area contributed by atoms with Gasteiger partial charge in [0.05, 0.1) is 25.4 Å². The molecule has 1 aliphatic rings. The summed E-state index contributed by atoms with van der Waals surface area (Å²) < 4.78 is 5.13. The van der Waals surface area contributed by atoms with Crippen LogP contribution in [0.3, 0.4) is 0 Å². The van der Waals surface area contributed by atoms with Gasteiger partial charge in [-0.3, -0.25) is 0 Å². The Balaban J connectivity index is 1.75. The molecule has 7 heteroatoms. The number of carbonyl (C=O) groups is 1. The summed E-state index contributed by atoms with van der Waals surface area (Å²) in [5, 5.41) is 18.3. The predicted molar refractivity (Wildman–Crippen MR) is 110 cm³/mol. The number of benzene rings is 2. The maximum absolute atomic E-state index is 12.7. The molecule has 0 radical (unpaired) electrons. The number of rotatable bonds is 6. The molecule has 1 unspecified atom stereocenters. The average Bonchev–Trinajstić information content (AvgIpc) is 3.14. The summed E-state index contributed by atoms with van der Waals surface area (Å²) in [5.74, 6) is 0.802. The van der Waals surface area contributed by atoms with Gasteiger partial charge in [-0.05, 0) is 54.8 Å². The number of nitrogens with one attached hydrogen (secondary N) is 1. The van der Waals surface area contributed by atoms with E-state index in [2.05, 4.69) is 16.5 Å². The minimum atomic E-state index is -0.292. The molecule has 144 valence electrons. The monoisotopic (exact) mass is 396 g/mol. The highest BCUT2D eigenvalue weighted by Crippen LogP contribution is 2.26. The molecular formula is C21H21ClN4O2. The van der Waals surface area contributed by atoms with Crippen molar-refractivity contribution < 1.29 is 9.53 Å². The molecule has 0 saturated heterocycles. The molecule has 0 bridgehead atoms. The quantitative estimate of drug-likeness (QED) is 0.704. The maximum Gasteiger partial charge on any atom is 0.342 e. The fourth-order valence-corrected chi connectivity index (χ4v) is 3.23. The number of nitriles is 1. The van der Waals surface area contributed by atoms with Crippen LogP contribution in [0.15, 0.2) is 53.6 Å². The fourth-order valence-electron chi connectivity index (χ4n) is 3.11. The van der Waals surface area contributed by atoms with Gasteiger partial charge in [-0.1, -0.05) is 23.7 Å². The summed E-state index contributed by atoms with van der Waals surface area (Å²) in [4.78, 5) is 12.7. The number of nitrogens with zero attached hydrogens (tertiary/aromatic N) is 3. The lowest BCUT2D eigenvalue weighted by Crippen LogP contribution is -2.30. The summed E-state index contributed by atoms with van der Waals surface area (Å²) in [5.41, 5.74) is 2.45. The van der Waals surface area contributed by atoms with E-state index in [1.165, 1.54) is 5.01 Å². The van der Waals surface area contributed by atoms with E-state index < -0.39 is 0 Å². The number of halogens is 1. The van der Waals surface area contributed by atoms with Crippen LogP contribution in [0.4, 0.5) is 10.5 Å². The number of methoxy groups -OCH3 is 1. The summed E-state index contributed by atoms with van der Waals surface area (Å²) in [6.07, 6.45) is 2.05. The van der Waals surface area contributed by atoms with E-state index in [4.69, 9.17) is 21.6 Å². The Bertz CT molecular complexity index is 888. The molecule has 1 heterocycles. The first kappa shape index (κ1) is 19.7. The van der Waals surface area contributed by atoms with Gasteiger partial charge in [0, 0.05) is 23.0 Å². The zero-order valence-corrected chi connectivity index (χ0v) is 16.3. The van der Waals surface area contributed by atoms with Crippen LogP contribution in [-0.4, -0.2) is 30.4 Å². The molecule has 0 fully saturated rings. The van der Waals surface area contributed by atoms with Gasteiger partial charge >= 0.3 is 6.03 Å². The number of carbonyl (C=O) groups excluding carboxylic acids is 1.